The highest BCUT2D eigenvalue weighted by molar-refractivity contribution is 7.99. The number of hydrogen-bond donors (Lipinski definition) is 2. The molecule has 0 spiro atoms. The molecular weight excluding hydrogens is 306 g/mol. The lowest BCUT2D eigenvalue weighted by molar-refractivity contribution is -0.119. The highest BCUT2D eigenvalue weighted by Crippen LogP contribution is 2.35. The molecule has 0 aliphatic carbocycles. The first-order valence-corrected chi connectivity index (χ1v) is 7.65. The van der Waals surface area contributed by atoms with E-state index in [4.69, 9.17) is 11.6 Å². The maximum Gasteiger partial charge on any atom is 0.247 e. The average Bonchev–Trinajstić information content (AvgIpc) is 2.91. The van der Waals surface area contributed by atoms with Crippen LogP contribution in [0, 0.1) is 5.92 Å². The summed E-state index contributed by atoms with van der Waals surface area (Å²) in [6.45, 7) is 1.46. The van der Waals surface area contributed by atoms with E-state index in [-0.39, 0.29) is 17.6 Å². The van der Waals surface area contributed by atoms with Gasteiger partial charge in [-0.15, -0.1) is 11.8 Å². The van der Waals surface area contributed by atoms with Crippen LogP contribution in [0.3, 0.4) is 0 Å². The second-order valence-corrected chi connectivity index (χ2v) is 5.94. The summed E-state index contributed by atoms with van der Waals surface area (Å²) in [6, 6.07) is 5.00. The predicted molar refractivity (Wildman–Crippen MR) is 77.8 cm³/mol. The lowest BCUT2D eigenvalue weighted by Gasteiger charge is -2.14. The fraction of sp³-hybridized carbons (Fsp3) is 0.462. The molecule has 20 heavy (non-hydrogen) atoms. The normalized spacial score (nSPS) is 18.5. The number of rotatable bonds is 5. The van der Waals surface area contributed by atoms with E-state index in [1.807, 2.05) is 0 Å². The lowest BCUT2D eigenvalue weighted by Crippen LogP contribution is -2.24. The molecule has 1 heterocycles. The van der Waals surface area contributed by atoms with Crippen molar-refractivity contribution < 1.29 is 13.6 Å². The van der Waals surface area contributed by atoms with Crippen molar-refractivity contribution in [1.82, 2.24) is 5.32 Å². The van der Waals surface area contributed by atoms with E-state index in [2.05, 4.69) is 10.6 Å². The summed E-state index contributed by atoms with van der Waals surface area (Å²) in [5.74, 6) is -0.532. The molecule has 0 unspecified atom stereocenters. The Morgan fingerprint density at radius 2 is 2.35 bits per heavy atom. The average molecular weight is 321 g/mol. The molecule has 1 amide bonds. The number of halogens is 3. The Bertz CT molecular complexity index is 481. The first-order chi connectivity index (χ1) is 9.58. The minimum absolute atomic E-state index is 0.0815. The van der Waals surface area contributed by atoms with Gasteiger partial charge in [0.15, 0.2) is 0 Å². The Labute approximate surface area is 125 Å². The van der Waals surface area contributed by atoms with Gasteiger partial charge in [0, 0.05) is 11.4 Å². The van der Waals surface area contributed by atoms with Gasteiger partial charge >= 0.3 is 0 Å². The van der Waals surface area contributed by atoms with E-state index in [0.29, 0.717) is 22.2 Å². The Hall–Kier alpha value is -0.850. The molecule has 0 radical (unpaired) electrons. The van der Waals surface area contributed by atoms with Crippen molar-refractivity contribution in [3.63, 3.8) is 0 Å². The first-order valence-electron chi connectivity index (χ1n) is 6.29. The Balaban J connectivity index is 2.09. The van der Waals surface area contributed by atoms with Crippen LogP contribution in [0.15, 0.2) is 23.1 Å². The minimum Gasteiger partial charge on any atom is -0.325 e. The summed E-state index contributed by atoms with van der Waals surface area (Å²) in [5.41, 5.74) is 0.500. The zero-order chi connectivity index (χ0) is 14.5. The fourth-order valence-electron chi connectivity index (χ4n) is 2.01. The van der Waals surface area contributed by atoms with Gasteiger partial charge in [-0.25, -0.2) is 8.78 Å². The lowest BCUT2D eigenvalue weighted by atomic mass is 10.1. The van der Waals surface area contributed by atoms with E-state index >= 15 is 0 Å². The zero-order valence-corrected chi connectivity index (χ0v) is 12.2. The molecule has 1 aliphatic rings. The number of benzene rings is 1. The molecule has 1 aromatic carbocycles. The third kappa shape index (κ3) is 4.07. The summed E-state index contributed by atoms with van der Waals surface area (Å²) in [7, 11) is 0. The SMILES string of the molecule is O=C(Nc1cccc(Cl)c1SCC(F)F)[C@@H]1CCNC1. The van der Waals surface area contributed by atoms with Crippen molar-refractivity contribution in [2.75, 3.05) is 24.2 Å². The number of carbonyl (C=O) groups is 1. The number of amides is 1. The summed E-state index contributed by atoms with van der Waals surface area (Å²) in [4.78, 5) is 12.6. The molecule has 1 atom stereocenters. The van der Waals surface area contributed by atoms with Crippen molar-refractivity contribution in [2.45, 2.75) is 17.7 Å². The molecule has 0 saturated carbocycles. The van der Waals surface area contributed by atoms with Gasteiger partial charge < -0.3 is 10.6 Å². The fourth-order valence-corrected chi connectivity index (χ4v) is 3.12. The van der Waals surface area contributed by atoms with Crippen LogP contribution in [0.4, 0.5) is 14.5 Å². The molecule has 2 rings (SSSR count). The third-order valence-electron chi connectivity index (χ3n) is 3.01. The quantitative estimate of drug-likeness (QED) is 0.818. The second-order valence-electron chi connectivity index (χ2n) is 4.50. The van der Waals surface area contributed by atoms with Gasteiger partial charge in [-0.3, -0.25) is 4.79 Å². The van der Waals surface area contributed by atoms with E-state index in [1.54, 1.807) is 18.2 Å². The van der Waals surface area contributed by atoms with Gasteiger partial charge in [0.05, 0.1) is 22.4 Å². The number of nitrogens with one attached hydrogen (secondary N) is 2. The molecule has 1 aliphatic heterocycles. The molecule has 7 heteroatoms. The standard InChI is InChI=1S/C13H15ClF2N2OS/c14-9-2-1-3-10(12(9)20-7-11(15)16)18-13(19)8-4-5-17-6-8/h1-3,8,11,17H,4-7H2,(H,18,19)/t8-/m1/s1. The van der Waals surface area contributed by atoms with E-state index in [0.717, 1.165) is 24.7 Å². The second kappa shape index (κ2) is 7.24. The van der Waals surface area contributed by atoms with Crippen molar-refractivity contribution in [3.8, 4) is 0 Å². The summed E-state index contributed by atoms with van der Waals surface area (Å²) in [5, 5.41) is 6.27. The molecule has 1 fully saturated rings. The van der Waals surface area contributed by atoms with Crippen LogP contribution >= 0.6 is 23.4 Å². The molecule has 1 saturated heterocycles. The molecule has 0 aromatic heterocycles. The van der Waals surface area contributed by atoms with Gasteiger partial charge in [-0.2, -0.15) is 0 Å². The monoisotopic (exact) mass is 320 g/mol. The zero-order valence-electron chi connectivity index (χ0n) is 10.7. The van der Waals surface area contributed by atoms with Crippen LogP contribution in [0.25, 0.3) is 0 Å². The largest absolute Gasteiger partial charge is 0.325 e. The predicted octanol–water partition coefficient (Wildman–Crippen LogP) is 3.25. The van der Waals surface area contributed by atoms with Crippen LogP contribution in [0.1, 0.15) is 6.42 Å². The Kier molecular flexibility index (Phi) is 5.63. The maximum absolute atomic E-state index is 12.3. The highest BCUT2D eigenvalue weighted by atomic mass is 35.5. The van der Waals surface area contributed by atoms with Crippen molar-refractivity contribution in [1.29, 1.82) is 0 Å². The molecule has 1 aromatic rings. The first kappa shape index (κ1) is 15.5. The van der Waals surface area contributed by atoms with Gasteiger partial charge in [0.2, 0.25) is 12.3 Å². The van der Waals surface area contributed by atoms with Crippen molar-refractivity contribution in [2.24, 2.45) is 5.92 Å². The highest BCUT2D eigenvalue weighted by Gasteiger charge is 2.23. The number of carbonyl (C=O) groups excluding carboxylic acids is 1. The maximum atomic E-state index is 12.3. The number of hydrogen-bond acceptors (Lipinski definition) is 3. The summed E-state index contributed by atoms with van der Waals surface area (Å²) < 4.78 is 24.7. The smallest absolute Gasteiger partial charge is 0.247 e. The Morgan fingerprint density at radius 1 is 1.55 bits per heavy atom. The number of thioether (sulfide) groups is 1. The summed E-state index contributed by atoms with van der Waals surface area (Å²) in [6.07, 6.45) is -1.63. The number of alkyl halides is 2. The molecule has 0 bridgehead atoms. The van der Waals surface area contributed by atoms with E-state index in [1.165, 1.54) is 0 Å². The van der Waals surface area contributed by atoms with Gasteiger partial charge in [0.25, 0.3) is 0 Å². The molecule has 110 valence electrons. The molecular formula is C13H15ClF2N2OS. The third-order valence-corrected chi connectivity index (χ3v) is 4.58. The molecule has 2 N–H and O–H groups in total. The van der Waals surface area contributed by atoms with Crippen LogP contribution in [0.5, 0.6) is 0 Å². The van der Waals surface area contributed by atoms with Crippen LogP contribution < -0.4 is 10.6 Å². The van der Waals surface area contributed by atoms with Gasteiger partial charge in [-0.05, 0) is 25.1 Å². The van der Waals surface area contributed by atoms with Crippen molar-refractivity contribution >= 4 is 35.0 Å². The van der Waals surface area contributed by atoms with Crippen molar-refractivity contribution in [3.05, 3.63) is 23.2 Å². The van der Waals surface area contributed by atoms with Crippen LogP contribution in [0.2, 0.25) is 5.02 Å². The minimum atomic E-state index is -2.42. The van der Waals surface area contributed by atoms with Gasteiger partial charge in [-0.1, -0.05) is 17.7 Å². The Morgan fingerprint density at radius 3 is 3.00 bits per heavy atom. The van der Waals surface area contributed by atoms with E-state index in [9.17, 15) is 13.6 Å². The number of anilines is 1. The van der Waals surface area contributed by atoms with Crippen LogP contribution in [-0.2, 0) is 4.79 Å². The summed E-state index contributed by atoms with van der Waals surface area (Å²) >= 11 is 6.98. The topological polar surface area (TPSA) is 41.1 Å². The van der Waals surface area contributed by atoms with Gasteiger partial charge in [0.1, 0.15) is 0 Å². The molecule has 3 nitrogen and oxygen atoms in total. The van der Waals surface area contributed by atoms with Crippen LogP contribution in [-0.4, -0.2) is 31.2 Å². The van der Waals surface area contributed by atoms with E-state index < -0.39 is 6.43 Å².